The van der Waals surface area contributed by atoms with Crippen LogP contribution in [0.2, 0.25) is 0 Å². The number of ether oxygens (including phenoxy) is 1. The molecule has 4 heteroatoms. The Hall–Kier alpha value is -1.32. The second-order valence-corrected chi connectivity index (χ2v) is 3.24. The zero-order valence-electron chi connectivity index (χ0n) is 8.53. The fraction of sp³-hybridized carbons (Fsp3) is 0.600. The van der Waals surface area contributed by atoms with Crippen LogP contribution in [0.1, 0.15) is 20.3 Å². The molecule has 1 heterocycles. The Labute approximate surface area is 83.5 Å². The Morgan fingerprint density at radius 3 is 2.86 bits per heavy atom. The van der Waals surface area contributed by atoms with Crippen molar-refractivity contribution in [2.45, 2.75) is 20.3 Å². The summed E-state index contributed by atoms with van der Waals surface area (Å²) in [6, 6.07) is 0. The number of nitrogens with zero attached hydrogens (tertiary/aromatic N) is 1. The number of amides is 1. The van der Waals surface area contributed by atoms with Gasteiger partial charge in [0.15, 0.2) is 0 Å². The molecule has 4 nitrogen and oxygen atoms in total. The van der Waals surface area contributed by atoms with E-state index in [-0.39, 0.29) is 17.8 Å². The lowest BCUT2D eigenvalue weighted by atomic mass is 10.0. The Morgan fingerprint density at radius 1 is 1.57 bits per heavy atom. The van der Waals surface area contributed by atoms with Gasteiger partial charge in [0.05, 0.1) is 12.5 Å². The van der Waals surface area contributed by atoms with Crippen molar-refractivity contribution in [1.29, 1.82) is 0 Å². The number of esters is 1. The van der Waals surface area contributed by atoms with E-state index < -0.39 is 0 Å². The number of carbonyl (C=O) groups excluding carboxylic acids is 2. The average molecular weight is 197 g/mol. The van der Waals surface area contributed by atoms with E-state index in [0.717, 1.165) is 0 Å². The highest BCUT2D eigenvalue weighted by molar-refractivity contribution is 5.77. The van der Waals surface area contributed by atoms with Gasteiger partial charge < -0.3 is 9.64 Å². The van der Waals surface area contributed by atoms with Gasteiger partial charge in [-0.25, -0.2) is 0 Å². The number of rotatable bonds is 2. The molecule has 14 heavy (non-hydrogen) atoms. The quantitative estimate of drug-likeness (QED) is 0.619. The summed E-state index contributed by atoms with van der Waals surface area (Å²) in [5.74, 6) is -0.470. The predicted octanol–water partition coefficient (Wildman–Crippen LogP) is 0.932. The molecular formula is C10H15NO3. The molecule has 78 valence electrons. The van der Waals surface area contributed by atoms with Crippen LogP contribution in [0.15, 0.2) is 12.3 Å². The SMILES string of the molecule is CCOC(=O)C1CC=CN(C(C)=O)C1. The van der Waals surface area contributed by atoms with Crippen molar-refractivity contribution in [3.05, 3.63) is 12.3 Å². The molecule has 1 atom stereocenters. The largest absolute Gasteiger partial charge is 0.466 e. The van der Waals surface area contributed by atoms with Crippen molar-refractivity contribution in [3.63, 3.8) is 0 Å². The lowest BCUT2D eigenvalue weighted by Crippen LogP contribution is -2.35. The molecule has 1 amide bonds. The second kappa shape index (κ2) is 4.79. The van der Waals surface area contributed by atoms with Crippen LogP contribution in [0, 0.1) is 5.92 Å². The Morgan fingerprint density at radius 2 is 2.29 bits per heavy atom. The molecule has 0 spiro atoms. The Balaban J connectivity index is 2.55. The number of hydrogen-bond acceptors (Lipinski definition) is 3. The normalized spacial score (nSPS) is 20.7. The van der Waals surface area contributed by atoms with Crippen LogP contribution < -0.4 is 0 Å². The monoisotopic (exact) mass is 197 g/mol. The first-order chi connectivity index (χ1) is 6.65. The smallest absolute Gasteiger partial charge is 0.311 e. The van der Waals surface area contributed by atoms with Crippen molar-refractivity contribution >= 4 is 11.9 Å². The van der Waals surface area contributed by atoms with Gasteiger partial charge in [0.2, 0.25) is 5.91 Å². The van der Waals surface area contributed by atoms with E-state index in [9.17, 15) is 9.59 Å². The van der Waals surface area contributed by atoms with Gasteiger partial charge in [-0.1, -0.05) is 6.08 Å². The van der Waals surface area contributed by atoms with Gasteiger partial charge in [-0.2, -0.15) is 0 Å². The van der Waals surface area contributed by atoms with Crippen LogP contribution >= 0.6 is 0 Å². The molecule has 0 aromatic rings. The summed E-state index contributed by atoms with van der Waals surface area (Å²) in [7, 11) is 0. The van der Waals surface area contributed by atoms with Crippen LogP contribution in [0.25, 0.3) is 0 Å². The summed E-state index contributed by atoms with van der Waals surface area (Å²) in [5, 5.41) is 0. The minimum Gasteiger partial charge on any atom is -0.466 e. The van der Waals surface area contributed by atoms with Gasteiger partial charge in [-0.3, -0.25) is 9.59 Å². The highest BCUT2D eigenvalue weighted by atomic mass is 16.5. The van der Waals surface area contributed by atoms with Gasteiger partial charge in [-0.15, -0.1) is 0 Å². The molecule has 1 aliphatic rings. The molecule has 1 rings (SSSR count). The van der Waals surface area contributed by atoms with Crippen molar-refractivity contribution in [2.75, 3.05) is 13.2 Å². The first kappa shape index (κ1) is 10.8. The molecule has 0 N–H and O–H groups in total. The molecule has 1 aliphatic heterocycles. The third kappa shape index (κ3) is 2.58. The molecule has 0 saturated carbocycles. The molecule has 0 saturated heterocycles. The summed E-state index contributed by atoms with van der Waals surface area (Å²) in [5.41, 5.74) is 0. The first-order valence-corrected chi connectivity index (χ1v) is 4.75. The van der Waals surface area contributed by atoms with E-state index in [4.69, 9.17) is 4.74 Å². The summed E-state index contributed by atoms with van der Waals surface area (Å²) in [6.07, 6.45) is 4.20. The highest BCUT2D eigenvalue weighted by Gasteiger charge is 2.24. The molecule has 0 bridgehead atoms. The summed E-state index contributed by atoms with van der Waals surface area (Å²) < 4.78 is 4.90. The first-order valence-electron chi connectivity index (χ1n) is 4.75. The maximum absolute atomic E-state index is 11.4. The van der Waals surface area contributed by atoms with E-state index in [1.165, 1.54) is 11.8 Å². The summed E-state index contributed by atoms with van der Waals surface area (Å²) in [4.78, 5) is 24.0. The highest BCUT2D eigenvalue weighted by Crippen LogP contribution is 2.15. The molecule has 0 radical (unpaired) electrons. The van der Waals surface area contributed by atoms with E-state index in [1.807, 2.05) is 6.08 Å². The number of carbonyl (C=O) groups is 2. The minimum absolute atomic E-state index is 0.0461. The van der Waals surface area contributed by atoms with Crippen LogP contribution in [0.3, 0.4) is 0 Å². The van der Waals surface area contributed by atoms with E-state index >= 15 is 0 Å². The maximum Gasteiger partial charge on any atom is 0.311 e. The predicted molar refractivity (Wildman–Crippen MR) is 51.3 cm³/mol. The van der Waals surface area contributed by atoms with Gasteiger partial charge in [0, 0.05) is 19.7 Å². The number of hydrogen-bond donors (Lipinski definition) is 0. The maximum atomic E-state index is 11.4. The average Bonchev–Trinajstić information content (AvgIpc) is 2.18. The van der Waals surface area contributed by atoms with Gasteiger partial charge >= 0.3 is 5.97 Å². The minimum atomic E-state index is -0.219. The van der Waals surface area contributed by atoms with Gasteiger partial charge in [-0.05, 0) is 13.3 Å². The zero-order valence-corrected chi connectivity index (χ0v) is 8.53. The summed E-state index contributed by atoms with van der Waals surface area (Å²) in [6.45, 7) is 4.08. The Bertz CT molecular complexity index is 260. The zero-order chi connectivity index (χ0) is 10.6. The molecule has 0 aliphatic carbocycles. The van der Waals surface area contributed by atoms with E-state index in [1.54, 1.807) is 13.1 Å². The van der Waals surface area contributed by atoms with Crippen molar-refractivity contribution in [3.8, 4) is 0 Å². The standard InChI is InChI=1S/C10H15NO3/c1-3-14-10(13)9-5-4-6-11(7-9)8(2)12/h4,6,9H,3,5,7H2,1-2H3. The van der Waals surface area contributed by atoms with Gasteiger partial charge in [0.1, 0.15) is 0 Å². The van der Waals surface area contributed by atoms with Crippen molar-refractivity contribution in [2.24, 2.45) is 5.92 Å². The van der Waals surface area contributed by atoms with Crippen molar-refractivity contribution < 1.29 is 14.3 Å². The molecular weight excluding hydrogens is 182 g/mol. The summed E-state index contributed by atoms with van der Waals surface area (Å²) >= 11 is 0. The second-order valence-electron chi connectivity index (χ2n) is 3.24. The lowest BCUT2D eigenvalue weighted by molar-refractivity contribution is -0.149. The van der Waals surface area contributed by atoms with Crippen LogP contribution in [-0.4, -0.2) is 29.9 Å². The van der Waals surface area contributed by atoms with Gasteiger partial charge in [0.25, 0.3) is 0 Å². The molecule has 0 fully saturated rings. The lowest BCUT2D eigenvalue weighted by Gasteiger charge is -2.25. The van der Waals surface area contributed by atoms with E-state index in [2.05, 4.69) is 0 Å². The van der Waals surface area contributed by atoms with Crippen LogP contribution in [0.5, 0.6) is 0 Å². The molecule has 1 unspecified atom stereocenters. The number of allylic oxidation sites excluding steroid dienone is 1. The fourth-order valence-corrected chi connectivity index (χ4v) is 1.39. The Kier molecular flexibility index (Phi) is 3.68. The van der Waals surface area contributed by atoms with E-state index in [0.29, 0.717) is 19.6 Å². The van der Waals surface area contributed by atoms with Crippen LogP contribution in [-0.2, 0) is 14.3 Å². The molecule has 0 aromatic heterocycles. The third-order valence-corrected chi connectivity index (χ3v) is 2.15. The van der Waals surface area contributed by atoms with Crippen LogP contribution in [0.4, 0.5) is 0 Å². The molecule has 0 aromatic carbocycles. The topological polar surface area (TPSA) is 46.6 Å². The third-order valence-electron chi connectivity index (χ3n) is 2.15. The fourth-order valence-electron chi connectivity index (χ4n) is 1.39. The van der Waals surface area contributed by atoms with Crippen molar-refractivity contribution in [1.82, 2.24) is 4.90 Å².